The predicted octanol–water partition coefficient (Wildman–Crippen LogP) is 7.40. The average molecular weight is 441 g/mol. The van der Waals surface area contributed by atoms with Crippen molar-refractivity contribution >= 4 is 39.0 Å². The van der Waals surface area contributed by atoms with Gasteiger partial charge in [-0.15, -0.1) is 0 Å². The molecule has 0 radical (unpaired) electrons. The second-order valence-electron chi connectivity index (χ2n) is 7.63. The van der Waals surface area contributed by atoms with Crippen LogP contribution in [0.4, 0.5) is 5.69 Å². The Hall–Kier alpha value is -3.76. The Bertz CT molecular complexity index is 1480. The van der Waals surface area contributed by atoms with E-state index in [1.165, 1.54) is 0 Å². The van der Waals surface area contributed by atoms with Crippen molar-refractivity contribution in [3.8, 4) is 28.4 Å². The van der Waals surface area contributed by atoms with Crippen LogP contribution in [0.1, 0.15) is 5.69 Å². The van der Waals surface area contributed by atoms with Gasteiger partial charge < -0.3 is 15.2 Å². The second-order valence-corrected chi connectivity index (χ2v) is 8.03. The average Bonchev–Trinajstić information content (AvgIpc) is 2.80. The number of halogens is 1. The van der Waals surface area contributed by atoms with Gasteiger partial charge in [-0.3, -0.25) is 4.98 Å². The summed E-state index contributed by atoms with van der Waals surface area (Å²) in [5.74, 6) is 2.05. The molecule has 0 atom stereocenters. The minimum atomic E-state index is 0.500. The first kappa shape index (κ1) is 20.2. The molecule has 0 aliphatic rings. The number of aromatic nitrogens is 1. The first-order valence-electron chi connectivity index (χ1n) is 10.2. The normalized spacial score (nSPS) is 11.1. The molecule has 5 aromatic rings. The Morgan fingerprint density at radius 1 is 0.844 bits per heavy atom. The van der Waals surface area contributed by atoms with E-state index in [9.17, 15) is 0 Å². The zero-order chi connectivity index (χ0) is 22.2. The molecular weight excluding hydrogens is 420 g/mol. The third-order valence-corrected chi connectivity index (χ3v) is 5.88. The van der Waals surface area contributed by atoms with E-state index in [2.05, 4.69) is 12.1 Å². The Kier molecular flexibility index (Phi) is 5.08. The van der Waals surface area contributed by atoms with Gasteiger partial charge in [0.15, 0.2) is 0 Å². The van der Waals surface area contributed by atoms with E-state index < -0.39 is 0 Å². The smallest absolute Gasteiger partial charge is 0.146 e. The van der Waals surface area contributed by atoms with Gasteiger partial charge in [-0.2, -0.15) is 0 Å². The standard InChI is InChI=1S/C27H21ClN2O2/c1-16-26(27(29)22-15-20(31-2)10-11-24(22)30-16)19-8-12-25(23(28)14-19)32-21-9-7-17-5-3-4-6-18(17)13-21/h3-15H,1-2H3,(H2,29,30). The molecule has 0 spiro atoms. The summed E-state index contributed by atoms with van der Waals surface area (Å²) < 4.78 is 11.4. The lowest BCUT2D eigenvalue weighted by Gasteiger charge is -2.15. The van der Waals surface area contributed by atoms with Crippen molar-refractivity contribution < 1.29 is 9.47 Å². The summed E-state index contributed by atoms with van der Waals surface area (Å²) in [5.41, 5.74) is 10.6. The number of methoxy groups -OCH3 is 1. The highest BCUT2D eigenvalue weighted by molar-refractivity contribution is 6.32. The topological polar surface area (TPSA) is 57.4 Å². The van der Waals surface area contributed by atoms with Crippen LogP contribution >= 0.6 is 11.6 Å². The fourth-order valence-corrected chi connectivity index (χ4v) is 4.20. The van der Waals surface area contributed by atoms with Gasteiger partial charge in [-0.25, -0.2) is 0 Å². The van der Waals surface area contributed by atoms with Crippen molar-refractivity contribution in [3.63, 3.8) is 0 Å². The molecule has 1 aromatic heterocycles. The van der Waals surface area contributed by atoms with Gasteiger partial charge in [0.1, 0.15) is 17.2 Å². The van der Waals surface area contributed by atoms with Crippen LogP contribution in [0.25, 0.3) is 32.8 Å². The van der Waals surface area contributed by atoms with E-state index in [4.69, 9.17) is 31.8 Å². The number of ether oxygens (including phenoxy) is 2. The molecule has 0 saturated carbocycles. The summed E-state index contributed by atoms with van der Waals surface area (Å²) in [6, 6.07) is 25.5. The lowest BCUT2D eigenvalue weighted by molar-refractivity contribution is 0.415. The fraction of sp³-hybridized carbons (Fsp3) is 0.0741. The minimum absolute atomic E-state index is 0.500. The van der Waals surface area contributed by atoms with E-state index in [0.29, 0.717) is 16.5 Å². The molecule has 0 saturated heterocycles. The molecule has 0 fully saturated rings. The highest BCUT2D eigenvalue weighted by atomic mass is 35.5. The molecule has 2 N–H and O–H groups in total. The number of fused-ring (bicyclic) bond motifs is 2. The quantitative estimate of drug-likeness (QED) is 0.316. The Morgan fingerprint density at radius 3 is 2.41 bits per heavy atom. The number of nitrogen functional groups attached to an aromatic ring is 1. The molecule has 0 aliphatic heterocycles. The van der Waals surface area contributed by atoms with Crippen molar-refractivity contribution in [2.45, 2.75) is 6.92 Å². The Labute approximate surface area is 191 Å². The fourth-order valence-electron chi connectivity index (χ4n) is 3.98. The Morgan fingerprint density at radius 2 is 1.62 bits per heavy atom. The highest BCUT2D eigenvalue weighted by Crippen LogP contribution is 2.39. The summed E-state index contributed by atoms with van der Waals surface area (Å²) in [5, 5.41) is 3.62. The van der Waals surface area contributed by atoms with Gasteiger partial charge in [0.05, 0.1) is 23.3 Å². The van der Waals surface area contributed by atoms with E-state index in [1.807, 2.05) is 73.7 Å². The lowest BCUT2D eigenvalue weighted by atomic mass is 9.99. The maximum Gasteiger partial charge on any atom is 0.146 e. The van der Waals surface area contributed by atoms with Crippen molar-refractivity contribution in [2.24, 2.45) is 0 Å². The van der Waals surface area contributed by atoms with E-state index in [0.717, 1.165) is 50.0 Å². The number of nitrogens with zero attached hydrogens (tertiary/aromatic N) is 1. The molecule has 158 valence electrons. The largest absolute Gasteiger partial charge is 0.497 e. The third-order valence-electron chi connectivity index (χ3n) is 5.58. The van der Waals surface area contributed by atoms with Gasteiger partial charge in [0, 0.05) is 16.6 Å². The molecule has 1 heterocycles. The molecule has 32 heavy (non-hydrogen) atoms. The SMILES string of the molecule is COc1ccc2nc(C)c(-c3ccc(Oc4ccc5ccccc5c4)c(Cl)c3)c(N)c2c1. The third kappa shape index (κ3) is 3.59. The van der Waals surface area contributed by atoms with Crippen LogP contribution in [-0.4, -0.2) is 12.1 Å². The van der Waals surface area contributed by atoms with Crippen molar-refractivity contribution in [1.29, 1.82) is 0 Å². The maximum atomic E-state index is 6.61. The molecule has 0 bridgehead atoms. The number of anilines is 1. The van der Waals surface area contributed by atoms with Crippen LogP contribution in [0.15, 0.2) is 78.9 Å². The zero-order valence-electron chi connectivity index (χ0n) is 17.7. The first-order valence-corrected chi connectivity index (χ1v) is 10.6. The lowest BCUT2D eigenvalue weighted by Crippen LogP contribution is -1.99. The Balaban J connectivity index is 1.53. The van der Waals surface area contributed by atoms with Crippen LogP contribution in [0, 0.1) is 6.92 Å². The number of benzene rings is 4. The van der Waals surface area contributed by atoms with E-state index in [-0.39, 0.29) is 0 Å². The van der Waals surface area contributed by atoms with Crippen LogP contribution < -0.4 is 15.2 Å². The summed E-state index contributed by atoms with van der Waals surface area (Å²) in [4.78, 5) is 4.73. The number of nitrogens with two attached hydrogens (primary N) is 1. The van der Waals surface area contributed by atoms with Crippen molar-refractivity contribution in [3.05, 3.63) is 89.6 Å². The first-order chi connectivity index (χ1) is 15.5. The second kappa shape index (κ2) is 8.06. The number of pyridine rings is 1. The summed E-state index contributed by atoms with van der Waals surface area (Å²) in [7, 11) is 1.63. The minimum Gasteiger partial charge on any atom is -0.497 e. The van der Waals surface area contributed by atoms with Gasteiger partial charge in [0.25, 0.3) is 0 Å². The molecule has 5 rings (SSSR count). The predicted molar refractivity (Wildman–Crippen MR) is 132 cm³/mol. The van der Waals surface area contributed by atoms with Gasteiger partial charge >= 0.3 is 0 Å². The maximum absolute atomic E-state index is 6.61. The number of hydrogen-bond donors (Lipinski definition) is 1. The van der Waals surface area contributed by atoms with Crippen molar-refractivity contribution in [2.75, 3.05) is 12.8 Å². The summed E-state index contributed by atoms with van der Waals surface area (Å²) in [6.45, 7) is 1.95. The van der Waals surface area contributed by atoms with Crippen LogP contribution in [-0.2, 0) is 0 Å². The zero-order valence-corrected chi connectivity index (χ0v) is 18.5. The van der Waals surface area contributed by atoms with Crippen molar-refractivity contribution in [1.82, 2.24) is 4.98 Å². The van der Waals surface area contributed by atoms with Crippen LogP contribution in [0.5, 0.6) is 17.2 Å². The molecular formula is C27H21ClN2O2. The van der Waals surface area contributed by atoms with Crippen LogP contribution in [0.3, 0.4) is 0 Å². The van der Waals surface area contributed by atoms with E-state index >= 15 is 0 Å². The van der Waals surface area contributed by atoms with Crippen LogP contribution in [0.2, 0.25) is 5.02 Å². The molecule has 0 amide bonds. The summed E-state index contributed by atoms with van der Waals surface area (Å²) in [6.07, 6.45) is 0. The molecule has 4 aromatic carbocycles. The van der Waals surface area contributed by atoms with Gasteiger partial charge in [-0.05, 0) is 65.7 Å². The molecule has 4 nitrogen and oxygen atoms in total. The van der Waals surface area contributed by atoms with Gasteiger partial charge in [0.2, 0.25) is 0 Å². The number of rotatable bonds is 4. The highest BCUT2D eigenvalue weighted by Gasteiger charge is 2.15. The van der Waals surface area contributed by atoms with E-state index in [1.54, 1.807) is 7.11 Å². The molecule has 5 heteroatoms. The number of aryl methyl sites for hydroxylation is 1. The summed E-state index contributed by atoms with van der Waals surface area (Å²) >= 11 is 6.61. The van der Waals surface area contributed by atoms with Gasteiger partial charge in [-0.1, -0.05) is 48.0 Å². The molecule has 0 unspecified atom stereocenters. The monoisotopic (exact) mass is 440 g/mol. The molecule has 0 aliphatic carbocycles. The number of hydrogen-bond acceptors (Lipinski definition) is 4.